The number of anilines is 1. The minimum absolute atomic E-state index is 0.0181. The van der Waals surface area contributed by atoms with E-state index >= 15 is 0 Å². The Morgan fingerprint density at radius 1 is 1.41 bits per heavy atom. The Morgan fingerprint density at radius 3 is 2.71 bits per heavy atom. The van der Waals surface area contributed by atoms with Gasteiger partial charge in [0.15, 0.2) is 9.84 Å². The molecule has 0 bridgehead atoms. The lowest BCUT2D eigenvalue weighted by Crippen LogP contribution is -2.11. The van der Waals surface area contributed by atoms with Gasteiger partial charge >= 0.3 is 0 Å². The maximum Gasteiger partial charge on any atom is 0.180 e. The highest BCUT2D eigenvalue weighted by atomic mass is 32.2. The highest BCUT2D eigenvalue weighted by Gasteiger charge is 2.17. The van der Waals surface area contributed by atoms with Crippen LogP contribution in [-0.4, -0.2) is 27.4 Å². The SMILES string of the molecule is CCOCCCS(=O)(=O)c1ccc(F)cc1N. The number of rotatable bonds is 6. The second-order valence-electron chi connectivity index (χ2n) is 3.55. The highest BCUT2D eigenvalue weighted by Crippen LogP contribution is 2.20. The molecule has 96 valence electrons. The summed E-state index contributed by atoms with van der Waals surface area (Å²) in [5.74, 6) is -0.598. The van der Waals surface area contributed by atoms with Crippen LogP contribution in [0.5, 0.6) is 0 Å². The molecule has 4 nitrogen and oxygen atoms in total. The molecule has 17 heavy (non-hydrogen) atoms. The van der Waals surface area contributed by atoms with Crippen LogP contribution < -0.4 is 5.73 Å². The zero-order valence-electron chi connectivity index (χ0n) is 9.65. The van der Waals surface area contributed by atoms with Crippen LogP contribution in [0.15, 0.2) is 23.1 Å². The summed E-state index contributed by atoms with van der Waals surface area (Å²) in [6, 6.07) is 3.29. The fourth-order valence-electron chi connectivity index (χ4n) is 1.41. The van der Waals surface area contributed by atoms with Gasteiger partial charge in [0, 0.05) is 13.2 Å². The zero-order valence-corrected chi connectivity index (χ0v) is 10.5. The minimum Gasteiger partial charge on any atom is -0.398 e. The topological polar surface area (TPSA) is 69.4 Å². The van der Waals surface area contributed by atoms with Crippen molar-refractivity contribution in [3.63, 3.8) is 0 Å². The van der Waals surface area contributed by atoms with Gasteiger partial charge in [0.25, 0.3) is 0 Å². The van der Waals surface area contributed by atoms with Crippen molar-refractivity contribution in [1.29, 1.82) is 0 Å². The maximum atomic E-state index is 12.8. The van der Waals surface area contributed by atoms with Crippen LogP contribution in [0.25, 0.3) is 0 Å². The first-order valence-electron chi connectivity index (χ1n) is 5.33. The van der Waals surface area contributed by atoms with Gasteiger partial charge in [0.05, 0.1) is 16.3 Å². The fraction of sp³-hybridized carbons (Fsp3) is 0.455. The Labute approximate surface area is 101 Å². The van der Waals surface area contributed by atoms with E-state index in [0.29, 0.717) is 19.6 Å². The number of halogens is 1. The van der Waals surface area contributed by atoms with Crippen molar-refractivity contribution in [3.05, 3.63) is 24.0 Å². The number of hydrogen-bond acceptors (Lipinski definition) is 4. The summed E-state index contributed by atoms with van der Waals surface area (Å²) in [7, 11) is -3.46. The van der Waals surface area contributed by atoms with Crippen molar-refractivity contribution in [2.75, 3.05) is 24.7 Å². The van der Waals surface area contributed by atoms with E-state index in [1.165, 1.54) is 6.07 Å². The van der Waals surface area contributed by atoms with Crippen molar-refractivity contribution in [3.8, 4) is 0 Å². The highest BCUT2D eigenvalue weighted by molar-refractivity contribution is 7.91. The maximum absolute atomic E-state index is 12.8. The summed E-state index contributed by atoms with van der Waals surface area (Å²) in [6.45, 7) is 2.78. The third-order valence-corrected chi connectivity index (χ3v) is 4.08. The molecule has 1 aromatic carbocycles. The molecular weight excluding hydrogens is 245 g/mol. The summed E-state index contributed by atoms with van der Waals surface area (Å²) < 4.78 is 41.6. The molecule has 0 saturated heterocycles. The van der Waals surface area contributed by atoms with E-state index in [1.807, 2.05) is 6.92 Å². The van der Waals surface area contributed by atoms with Gasteiger partial charge in [-0.15, -0.1) is 0 Å². The number of hydrogen-bond donors (Lipinski definition) is 1. The quantitative estimate of drug-likeness (QED) is 0.480. The summed E-state index contributed by atoms with van der Waals surface area (Å²) in [5, 5.41) is 0. The molecule has 0 atom stereocenters. The first kappa shape index (κ1) is 13.9. The third-order valence-electron chi connectivity index (χ3n) is 2.21. The average Bonchev–Trinajstić information content (AvgIpc) is 2.24. The Kier molecular flexibility index (Phi) is 4.89. The number of nitrogen functional groups attached to an aromatic ring is 1. The van der Waals surface area contributed by atoms with Crippen LogP contribution in [0.3, 0.4) is 0 Å². The van der Waals surface area contributed by atoms with Gasteiger partial charge in [-0.25, -0.2) is 12.8 Å². The second kappa shape index (κ2) is 5.97. The molecular formula is C11H16FNO3S. The van der Waals surface area contributed by atoms with Gasteiger partial charge in [-0.3, -0.25) is 0 Å². The first-order chi connectivity index (χ1) is 7.97. The fourth-order valence-corrected chi connectivity index (χ4v) is 2.82. The van der Waals surface area contributed by atoms with Crippen molar-refractivity contribution >= 4 is 15.5 Å². The summed E-state index contributed by atoms with van der Waals surface area (Å²) >= 11 is 0. The van der Waals surface area contributed by atoms with E-state index in [1.54, 1.807) is 0 Å². The van der Waals surface area contributed by atoms with E-state index in [4.69, 9.17) is 10.5 Å². The van der Waals surface area contributed by atoms with E-state index < -0.39 is 15.7 Å². The molecule has 0 spiro atoms. The van der Waals surface area contributed by atoms with Crippen LogP contribution in [0, 0.1) is 5.82 Å². The van der Waals surface area contributed by atoms with Gasteiger partial charge < -0.3 is 10.5 Å². The van der Waals surface area contributed by atoms with Crippen LogP contribution in [0.4, 0.5) is 10.1 Å². The number of ether oxygens (including phenoxy) is 1. The molecule has 0 unspecified atom stereocenters. The lowest BCUT2D eigenvalue weighted by Gasteiger charge is -2.07. The molecule has 0 radical (unpaired) electrons. The summed E-state index contributed by atoms with van der Waals surface area (Å²) in [4.78, 5) is -0.0181. The van der Waals surface area contributed by atoms with Crippen LogP contribution in [-0.2, 0) is 14.6 Å². The van der Waals surface area contributed by atoms with E-state index in [2.05, 4.69) is 0 Å². The number of benzene rings is 1. The van der Waals surface area contributed by atoms with Crippen molar-refractivity contribution in [2.24, 2.45) is 0 Å². The predicted octanol–water partition coefficient (Wildman–Crippen LogP) is 1.61. The van der Waals surface area contributed by atoms with E-state index in [0.717, 1.165) is 12.1 Å². The van der Waals surface area contributed by atoms with E-state index in [9.17, 15) is 12.8 Å². The minimum atomic E-state index is -3.46. The van der Waals surface area contributed by atoms with Crippen molar-refractivity contribution in [1.82, 2.24) is 0 Å². The molecule has 0 aliphatic carbocycles. The average molecular weight is 261 g/mol. The standard InChI is InChI=1S/C11H16FNO3S/c1-2-16-6-3-7-17(14,15)11-5-4-9(12)8-10(11)13/h4-5,8H,2-3,6-7,13H2,1H3. The second-order valence-corrected chi connectivity index (χ2v) is 5.63. The van der Waals surface area contributed by atoms with Crippen molar-refractivity contribution in [2.45, 2.75) is 18.2 Å². The largest absolute Gasteiger partial charge is 0.398 e. The van der Waals surface area contributed by atoms with Gasteiger partial charge in [0.2, 0.25) is 0 Å². The van der Waals surface area contributed by atoms with Gasteiger partial charge in [-0.1, -0.05) is 0 Å². The molecule has 0 saturated carbocycles. The third kappa shape index (κ3) is 3.98. The number of nitrogens with two attached hydrogens (primary N) is 1. The molecule has 0 aliphatic heterocycles. The molecule has 0 fully saturated rings. The van der Waals surface area contributed by atoms with Gasteiger partial charge in [0.1, 0.15) is 5.82 Å². The first-order valence-corrected chi connectivity index (χ1v) is 6.98. The van der Waals surface area contributed by atoms with Gasteiger partial charge in [-0.05, 0) is 31.5 Å². The number of sulfone groups is 1. The zero-order chi connectivity index (χ0) is 12.9. The molecule has 2 N–H and O–H groups in total. The Morgan fingerprint density at radius 2 is 2.12 bits per heavy atom. The molecule has 0 aliphatic rings. The van der Waals surface area contributed by atoms with Crippen LogP contribution in [0.2, 0.25) is 0 Å². The Hall–Kier alpha value is -1.14. The Balaban J connectivity index is 2.76. The molecule has 0 amide bonds. The smallest absolute Gasteiger partial charge is 0.180 e. The lowest BCUT2D eigenvalue weighted by molar-refractivity contribution is 0.148. The lowest BCUT2D eigenvalue weighted by atomic mass is 10.3. The molecule has 6 heteroatoms. The van der Waals surface area contributed by atoms with E-state index in [-0.39, 0.29) is 16.3 Å². The normalized spacial score (nSPS) is 11.6. The Bertz CT molecular complexity index is 474. The predicted molar refractivity (Wildman–Crippen MR) is 64.0 cm³/mol. The molecule has 1 aromatic rings. The van der Waals surface area contributed by atoms with Crippen LogP contribution >= 0.6 is 0 Å². The van der Waals surface area contributed by atoms with Crippen LogP contribution in [0.1, 0.15) is 13.3 Å². The van der Waals surface area contributed by atoms with Crippen molar-refractivity contribution < 1.29 is 17.5 Å². The molecule has 1 rings (SSSR count). The summed E-state index contributed by atoms with van der Waals surface area (Å²) in [5.41, 5.74) is 5.43. The van der Waals surface area contributed by atoms with Gasteiger partial charge in [-0.2, -0.15) is 0 Å². The monoisotopic (exact) mass is 261 g/mol. The molecule has 0 heterocycles. The summed E-state index contributed by atoms with van der Waals surface area (Å²) in [6.07, 6.45) is 0.396. The molecule has 0 aromatic heterocycles.